The topological polar surface area (TPSA) is 35.5 Å². The highest BCUT2D eigenvalue weighted by Crippen LogP contribution is 2.46. The van der Waals surface area contributed by atoms with Crippen LogP contribution < -0.4 is 0 Å². The van der Waals surface area contributed by atoms with Crippen molar-refractivity contribution in [3.05, 3.63) is 0 Å². The SMILES string of the molecule is CP(=O)(OCC1CCCCC1)OCC1CCCCC1. The van der Waals surface area contributed by atoms with Crippen molar-refractivity contribution in [1.29, 1.82) is 0 Å². The molecule has 2 aliphatic carbocycles. The van der Waals surface area contributed by atoms with E-state index in [4.69, 9.17) is 9.05 Å². The smallest absolute Gasteiger partial charge is 0.308 e. The van der Waals surface area contributed by atoms with Gasteiger partial charge in [-0.3, -0.25) is 4.57 Å². The Morgan fingerprint density at radius 1 is 0.789 bits per heavy atom. The molecule has 0 spiro atoms. The average molecular weight is 288 g/mol. The first-order chi connectivity index (χ1) is 9.16. The first kappa shape index (κ1) is 15.5. The number of hydrogen-bond donors (Lipinski definition) is 0. The minimum Gasteiger partial charge on any atom is -0.308 e. The van der Waals surface area contributed by atoms with Gasteiger partial charge in [0, 0.05) is 6.66 Å². The lowest BCUT2D eigenvalue weighted by Crippen LogP contribution is -2.15. The van der Waals surface area contributed by atoms with Crippen LogP contribution in [-0.2, 0) is 13.6 Å². The molecule has 0 unspecified atom stereocenters. The first-order valence-electron chi connectivity index (χ1n) is 8.02. The van der Waals surface area contributed by atoms with Gasteiger partial charge in [-0.05, 0) is 37.5 Å². The highest BCUT2D eigenvalue weighted by molar-refractivity contribution is 7.52. The summed E-state index contributed by atoms with van der Waals surface area (Å²) >= 11 is 0. The first-order valence-corrected chi connectivity index (χ1v) is 10.0. The fourth-order valence-electron chi connectivity index (χ4n) is 3.23. The van der Waals surface area contributed by atoms with Crippen LogP contribution in [0.15, 0.2) is 0 Å². The Labute approximate surface area is 118 Å². The summed E-state index contributed by atoms with van der Waals surface area (Å²) in [5.41, 5.74) is 0. The Bertz CT molecular complexity index is 268. The molecule has 3 nitrogen and oxygen atoms in total. The summed E-state index contributed by atoms with van der Waals surface area (Å²) < 4.78 is 23.4. The molecule has 0 N–H and O–H groups in total. The lowest BCUT2D eigenvalue weighted by atomic mass is 9.90. The molecule has 2 saturated carbocycles. The van der Waals surface area contributed by atoms with E-state index < -0.39 is 7.60 Å². The molecule has 0 bridgehead atoms. The van der Waals surface area contributed by atoms with Gasteiger partial charge in [-0.1, -0.05) is 38.5 Å². The fourth-order valence-corrected chi connectivity index (χ4v) is 4.26. The van der Waals surface area contributed by atoms with E-state index in [1.165, 1.54) is 64.2 Å². The lowest BCUT2D eigenvalue weighted by Gasteiger charge is -2.25. The normalized spacial score (nSPS) is 23.6. The molecule has 0 amide bonds. The Morgan fingerprint density at radius 3 is 1.53 bits per heavy atom. The predicted molar refractivity (Wildman–Crippen MR) is 78.6 cm³/mol. The van der Waals surface area contributed by atoms with Crippen LogP contribution in [-0.4, -0.2) is 19.9 Å². The van der Waals surface area contributed by atoms with E-state index >= 15 is 0 Å². The summed E-state index contributed by atoms with van der Waals surface area (Å²) in [5, 5.41) is 0. The summed E-state index contributed by atoms with van der Waals surface area (Å²) in [7, 11) is -2.83. The third-order valence-electron chi connectivity index (χ3n) is 4.54. The summed E-state index contributed by atoms with van der Waals surface area (Å²) in [6, 6.07) is 0. The van der Waals surface area contributed by atoms with Crippen LogP contribution in [0.1, 0.15) is 64.2 Å². The molecule has 0 aromatic carbocycles. The van der Waals surface area contributed by atoms with Gasteiger partial charge in [-0.25, -0.2) is 0 Å². The summed E-state index contributed by atoms with van der Waals surface area (Å²) in [6.45, 7) is 2.88. The van der Waals surface area contributed by atoms with E-state index in [1.807, 2.05) is 0 Å². The number of rotatable bonds is 6. The maximum Gasteiger partial charge on any atom is 0.327 e. The van der Waals surface area contributed by atoms with Crippen molar-refractivity contribution in [3.8, 4) is 0 Å². The fraction of sp³-hybridized carbons (Fsp3) is 1.00. The number of hydrogen-bond acceptors (Lipinski definition) is 3. The van der Waals surface area contributed by atoms with Crippen LogP contribution >= 0.6 is 7.60 Å². The maximum absolute atomic E-state index is 12.3. The molecular weight excluding hydrogens is 259 g/mol. The zero-order chi connectivity index (χ0) is 13.6. The lowest BCUT2D eigenvalue weighted by molar-refractivity contribution is 0.141. The van der Waals surface area contributed by atoms with E-state index in [2.05, 4.69) is 0 Å². The minimum absolute atomic E-state index is 0.598. The molecule has 19 heavy (non-hydrogen) atoms. The van der Waals surface area contributed by atoms with Gasteiger partial charge in [0.2, 0.25) is 0 Å². The molecule has 2 rings (SSSR count). The van der Waals surface area contributed by atoms with Crippen LogP contribution in [0.5, 0.6) is 0 Å². The quantitative estimate of drug-likeness (QED) is 0.645. The summed E-state index contributed by atoms with van der Waals surface area (Å²) in [6.07, 6.45) is 12.8. The third kappa shape index (κ3) is 5.97. The molecule has 0 aliphatic heterocycles. The molecule has 2 aliphatic rings. The van der Waals surface area contributed by atoms with E-state index in [9.17, 15) is 4.57 Å². The Morgan fingerprint density at radius 2 is 1.16 bits per heavy atom. The van der Waals surface area contributed by atoms with Gasteiger partial charge in [0.25, 0.3) is 0 Å². The Hall–Kier alpha value is 0.150. The van der Waals surface area contributed by atoms with Gasteiger partial charge in [0.15, 0.2) is 0 Å². The molecule has 4 heteroatoms. The van der Waals surface area contributed by atoms with Crippen molar-refractivity contribution in [1.82, 2.24) is 0 Å². The Kier molecular flexibility index (Phi) is 6.38. The van der Waals surface area contributed by atoms with Gasteiger partial charge in [-0.2, -0.15) is 0 Å². The second-order valence-electron chi connectivity index (χ2n) is 6.37. The average Bonchev–Trinajstić information content (AvgIpc) is 2.46. The Balaban J connectivity index is 1.64. The summed E-state index contributed by atoms with van der Waals surface area (Å²) in [5.74, 6) is 1.20. The van der Waals surface area contributed by atoms with Crippen LogP contribution in [0.25, 0.3) is 0 Å². The molecule has 0 aromatic rings. The molecule has 112 valence electrons. The largest absolute Gasteiger partial charge is 0.327 e. The van der Waals surface area contributed by atoms with Crippen molar-refractivity contribution in [2.75, 3.05) is 19.9 Å². The zero-order valence-electron chi connectivity index (χ0n) is 12.3. The van der Waals surface area contributed by atoms with E-state index in [1.54, 1.807) is 6.66 Å². The molecule has 0 aromatic heterocycles. The second kappa shape index (κ2) is 7.81. The highest BCUT2D eigenvalue weighted by atomic mass is 31.2. The minimum atomic E-state index is -2.83. The molecule has 0 heterocycles. The van der Waals surface area contributed by atoms with Crippen LogP contribution in [0.4, 0.5) is 0 Å². The molecule has 2 fully saturated rings. The van der Waals surface area contributed by atoms with E-state index in [-0.39, 0.29) is 0 Å². The second-order valence-corrected chi connectivity index (χ2v) is 8.43. The molecule has 0 atom stereocenters. The highest BCUT2D eigenvalue weighted by Gasteiger charge is 2.23. The molecule has 0 radical (unpaired) electrons. The maximum atomic E-state index is 12.3. The van der Waals surface area contributed by atoms with Crippen molar-refractivity contribution in [2.45, 2.75) is 64.2 Å². The molecular formula is C15H29O3P. The third-order valence-corrected chi connectivity index (χ3v) is 5.78. The van der Waals surface area contributed by atoms with Crippen molar-refractivity contribution in [3.63, 3.8) is 0 Å². The molecule has 0 saturated heterocycles. The van der Waals surface area contributed by atoms with Crippen LogP contribution in [0, 0.1) is 11.8 Å². The zero-order valence-corrected chi connectivity index (χ0v) is 13.2. The van der Waals surface area contributed by atoms with Gasteiger partial charge in [-0.15, -0.1) is 0 Å². The predicted octanol–water partition coefficient (Wildman–Crippen LogP) is 5.00. The standard InChI is InChI=1S/C15H29O3P/c1-19(16,17-12-14-8-4-2-5-9-14)18-13-15-10-6-3-7-11-15/h14-15H,2-13H2,1H3. The monoisotopic (exact) mass is 288 g/mol. The summed E-state index contributed by atoms with van der Waals surface area (Å²) in [4.78, 5) is 0. The van der Waals surface area contributed by atoms with Crippen LogP contribution in [0.3, 0.4) is 0 Å². The van der Waals surface area contributed by atoms with Crippen molar-refractivity contribution in [2.24, 2.45) is 11.8 Å². The van der Waals surface area contributed by atoms with Gasteiger partial charge in [0.1, 0.15) is 0 Å². The van der Waals surface area contributed by atoms with Gasteiger partial charge in [0.05, 0.1) is 13.2 Å². The van der Waals surface area contributed by atoms with Gasteiger partial charge < -0.3 is 9.05 Å². The van der Waals surface area contributed by atoms with Gasteiger partial charge >= 0.3 is 7.60 Å². The van der Waals surface area contributed by atoms with Crippen molar-refractivity contribution >= 4 is 7.60 Å². The van der Waals surface area contributed by atoms with Crippen molar-refractivity contribution < 1.29 is 13.6 Å². The van der Waals surface area contributed by atoms with E-state index in [0.717, 1.165) is 0 Å². The van der Waals surface area contributed by atoms with E-state index in [0.29, 0.717) is 25.0 Å². The van der Waals surface area contributed by atoms with Crippen LogP contribution in [0.2, 0.25) is 0 Å².